The number of halogens is 1. The van der Waals surface area contributed by atoms with Crippen LogP contribution in [0.2, 0.25) is 5.02 Å². The van der Waals surface area contributed by atoms with Gasteiger partial charge in [0.25, 0.3) is 0 Å². The standard InChI is InChI=1S/C23H28ClN3O3S/c1-25(21-11-6-8-18-7-2-3-9-19(18)21)23(28)17-26-13-15-27(16-14-26)31(29,30)22-12-5-4-10-20(22)24/h2-5,7,9-10,12,21H,6,8,11,13-17H2,1H3. The number of hydrogen-bond donors (Lipinski definition) is 0. The molecule has 2 aromatic carbocycles. The van der Waals surface area contributed by atoms with Crippen molar-refractivity contribution in [2.24, 2.45) is 0 Å². The monoisotopic (exact) mass is 461 g/mol. The number of sulfonamides is 1. The molecule has 1 fully saturated rings. The van der Waals surface area contributed by atoms with Gasteiger partial charge in [0.05, 0.1) is 17.6 Å². The smallest absolute Gasteiger partial charge is 0.244 e. The van der Waals surface area contributed by atoms with Crippen LogP contribution in [0.3, 0.4) is 0 Å². The first-order valence-corrected chi connectivity index (χ1v) is 12.5. The zero-order valence-corrected chi connectivity index (χ0v) is 19.3. The third kappa shape index (κ3) is 4.65. The van der Waals surface area contributed by atoms with Gasteiger partial charge in [0.1, 0.15) is 4.90 Å². The molecule has 4 rings (SSSR count). The molecular formula is C23H28ClN3O3S. The number of amides is 1. The van der Waals surface area contributed by atoms with E-state index in [2.05, 4.69) is 18.2 Å². The number of hydrogen-bond acceptors (Lipinski definition) is 4. The van der Waals surface area contributed by atoms with E-state index >= 15 is 0 Å². The molecule has 0 N–H and O–H groups in total. The van der Waals surface area contributed by atoms with Crippen molar-refractivity contribution in [3.8, 4) is 0 Å². The third-order valence-corrected chi connectivity index (χ3v) is 8.74. The molecule has 0 radical (unpaired) electrons. The molecule has 1 heterocycles. The molecule has 1 atom stereocenters. The molecule has 1 aliphatic carbocycles. The van der Waals surface area contributed by atoms with Gasteiger partial charge < -0.3 is 4.90 Å². The van der Waals surface area contributed by atoms with Gasteiger partial charge in [0, 0.05) is 33.2 Å². The Kier molecular flexibility index (Phi) is 6.67. The summed E-state index contributed by atoms with van der Waals surface area (Å²) < 4.78 is 27.3. The molecule has 1 unspecified atom stereocenters. The number of carbonyl (C=O) groups excluding carboxylic acids is 1. The summed E-state index contributed by atoms with van der Waals surface area (Å²) in [5, 5.41) is 0.231. The molecule has 1 aliphatic heterocycles. The number of likely N-dealkylation sites (N-methyl/N-ethyl adjacent to an activating group) is 1. The number of nitrogens with zero attached hydrogens (tertiary/aromatic N) is 3. The molecule has 31 heavy (non-hydrogen) atoms. The molecular weight excluding hydrogens is 434 g/mol. The lowest BCUT2D eigenvalue weighted by atomic mass is 9.87. The van der Waals surface area contributed by atoms with Gasteiger partial charge in [0.2, 0.25) is 15.9 Å². The number of carbonyl (C=O) groups is 1. The molecule has 1 amide bonds. The van der Waals surface area contributed by atoms with E-state index < -0.39 is 10.0 Å². The van der Waals surface area contributed by atoms with E-state index in [1.165, 1.54) is 21.5 Å². The van der Waals surface area contributed by atoms with Gasteiger partial charge in [0.15, 0.2) is 0 Å². The van der Waals surface area contributed by atoms with Crippen LogP contribution in [0, 0.1) is 0 Å². The van der Waals surface area contributed by atoms with Crippen molar-refractivity contribution < 1.29 is 13.2 Å². The van der Waals surface area contributed by atoms with Gasteiger partial charge in [-0.3, -0.25) is 9.69 Å². The maximum atomic E-state index is 13.0. The number of rotatable bonds is 5. The Hall–Kier alpha value is -1.93. The van der Waals surface area contributed by atoms with E-state index in [1.54, 1.807) is 18.2 Å². The highest BCUT2D eigenvalue weighted by Gasteiger charge is 2.32. The predicted molar refractivity (Wildman–Crippen MR) is 122 cm³/mol. The normalized spacial score (nSPS) is 20.3. The van der Waals surface area contributed by atoms with Crippen molar-refractivity contribution in [2.45, 2.75) is 30.2 Å². The minimum atomic E-state index is -3.63. The Morgan fingerprint density at radius 3 is 2.48 bits per heavy atom. The molecule has 166 valence electrons. The second-order valence-electron chi connectivity index (χ2n) is 8.22. The highest BCUT2D eigenvalue weighted by Crippen LogP contribution is 2.33. The SMILES string of the molecule is CN(C(=O)CN1CCN(S(=O)(=O)c2ccccc2Cl)CC1)C1CCCc2ccccc21. The summed E-state index contributed by atoms with van der Waals surface area (Å²) in [6.45, 7) is 2.03. The first kappa shape index (κ1) is 22.3. The fourth-order valence-electron chi connectivity index (χ4n) is 4.53. The molecule has 0 saturated carbocycles. The van der Waals surface area contributed by atoms with Crippen LogP contribution >= 0.6 is 11.6 Å². The largest absolute Gasteiger partial charge is 0.338 e. The zero-order valence-electron chi connectivity index (χ0n) is 17.7. The summed E-state index contributed by atoms with van der Waals surface area (Å²) in [6.07, 6.45) is 3.12. The lowest BCUT2D eigenvalue weighted by Gasteiger charge is -2.37. The van der Waals surface area contributed by atoms with E-state index in [-0.39, 0.29) is 21.9 Å². The molecule has 1 saturated heterocycles. The lowest BCUT2D eigenvalue weighted by molar-refractivity contribution is -0.133. The fourth-order valence-corrected chi connectivity index (χ4v) is 6.44. The van der Waals surface area contributed by atoms with Crippen LogP contribution in [0.4, 0.5) is 0 Å². The van der Waals surface area contributed by atoms with Crippen LogP contribution in [-0.2, 0) is 21.2 Å². The number of aryl methyl sites for hydroxylation is 1. The average molecular weight is 462 g/mol. The Labute approximate surface area is 189 Å². The zero-order chi connectivity index (χ0) is 22.0. The van der Waals surface area contributed by atoms with Crippen molar-refractivity contribution in [3.63, 3.8) is 0 Å². The second-order valence-corrected chi connectivity index (χ2v) is 10.5. The summed E-state index contributed by atoms with van der Waals surface area (Å²) in [5.74, 6) is 0.0733. The molecule has 0 spiro atoms. The van der Waals surface area contributed by atoms with Crippen LogP contribution in [0.1, 0.15) is 30.0 Å². The van der Waals surface area contributed by atoms with E-state index in [9.17, 15) is 13.2 Å². The van der Waals surface area contributed by atoms with Gasteiger partial charge >= 0.3 is 0 Å². The average Bonchev–Trinajstić information content (AvgIpc) is 2.78. The van der Waals surface area contributed by atoms with Crippen LogP contribution in [-0.4, -0.2) is 68.2 Å². The maximum Gasteiger partial charge on any atom is 0.244 e. The minimum Gasteiger partial charge on any atom is -0.338 e. The Morgan fingerprint density at radius 2 is 1.74 bits per heavy atom. The highest BCUT2D eigenvalue weighted by molar-refractivity contribution is 7.89. The van der Waals surface area contributed by atoms with E-state index in [0.717, 1.165) is 19.3 Å². The fraction of sp³-hybridized carbons (Fsp3) is 0.435. The van der Waals surface area contributed by atoms with E-state index in [4.69, 9.17) is 11.6 Å². The highest BCUT2D eigenvalue weighted by atomic mass is 35.5. The van der Waals surface area contributed by atoms with Gasteiger partial charge in [-0.1, -0.05) is 48.0 Å². The molecule has 8 heteroatoms. The van der Waals surface area contributed by atoms with Crippen molar-refractivity contribution in [1.82, 2.24) is 14.1 Å². The predicted octanol–water partition coefficient (Wildman–Crippen LogP) is 3.18. The maximum absolute atomic E-state index is 13.0. The quantitative estimate of drug-likeness (QED) is 0.686. The minimum absolute atomic E-state index is 0.0733. The van der Waals surface area contributed by atoms with E-state index in [1.807, 2.05) is 22.9 Å². The Balaban J connectivity index is 1.36. The van der Waals surface area contributed by atoms with Crippen molar-refractivity contribution in [3.05, 3.63) is 64.7 Å². The number of fused-ring (bicyclic) bond motifs is 1. The first-order valence-electron chi connectivity index (χ1n) is 10.7. The van der Waals surface area contributed by atoms with Crippen molar-refractivity contribution in [2.75, 3.05) is 39.8 Å². The summed E-state index contributed by atoms with van der Waals surface area (Å²) in [7, 11) is -1.75. The molecule has 0 aromatic heterocycles. The summed E-state index contributed by atoms with van der Waals surface area (Å²) in [6, 6.07) is 15.0. The number of piperazine rings is 1. The summed E-state index contributed by atoms with van der Waals surface area (Å²) >= 11 is 6.10. The van der Waals surface area contributed by atoms with Crippen LogP contribution < -0.4 is 0 Å². The Bertz CT molecular complexity index is 1050. The first-order chi connectivity index (χ1) is 14.9. The second kappa shape index (κ2) is 9.28. The van der Waals surface area contributed by atoms with Crippen LogP contribution in [0.5, 0.6) is 0 Å². The van der Waals surface area contributed by atoms with Gasteiger partial charge in [-0.15, -0.1) is 0 Å². The van der Waals surface area contributed by atoms with E-state index in [0.29, 0.717) is 32.7 Å². The molecule has 2 aliphatic rings. The van der Waals surface area contributed by atoms with Crippen LogP contribution in [0.25, 0.3) is 0 Å². The van der Waals surface area contributed by atoms with Gasteiger partial charge in [-0.05, 0) is 42.5 Å². The Morgan fingerprint density at radius 1 is 1.06 bits per heavy atom. The van der Waals surface area contributed by atoms with Crippen molar-refractivity contribution >= 4 is 27.5 Å². The van der Waals surface area contributed by atoms with Gasteiger partial charge in [-0.25, -0.2) is 8.42 Å². The molecule has 2 aromatic rings. The summed E-state index contributed by atoms with van der Waals surface area (Å²) in [4.78, 5) is 17.0. The lowest BCUT2D eigenvalue weighted by Crippen LogP contribution is -2.51. The topological polar surface area (TPSA) is 60.9 Å². The van der Waals surface area contributed by atoms with Crippen molar-refractivity contribution in [1.29, 1.82) is 0 Å². The third-order valence-electron chi connectivity index (χ3n) is 6.34. The van der Waals surface area contributed by atoms with Gasteiger partial charge in [-0.2, -0.15) is 4.31 Å². The molecule has 6 nitrogen and oxygen atoms in total. The number of benzene rings is 2. The molecule has 0 bridgehead atoms. The van der Waals surface area contributed by atoms with Crippen LogP contribution in [0.15, 0.2) is 53.4 Å². The summed E-state index contributed by atoms with van der Waals surface area (Å²) in [5.41, 5.74) is 2.58.